The molecule has 0 amide bonds. The minimum absolute atomic E-state index is 0.440. The molecule has 3 rings (SSSR count). The van der Waals surface area contributed by atoms with Crippen LogP contribution in [0.1, 0.15) is 9.67 Å². The summed E-state index contributed by atoms with van der Waals surface area (Å²) in [5.74, 6) is 0. The quantitative estimate of drug-likeness (QED) is 0.566. The minimum atomic E-state index is -0.484. The highest BCUT2D eigenvalue weighted by Crippen LogP contribution is 2.45. The van der Waals surface area contributed by atoms with Crippen molar-refractivity contribution in [1.82, 2.24) is 0 Å². The Kier molecular flexibility index (Phi) is 2.44. The topological polar surface area (TPSA) is 17.1 Å². The molecular formula is C11H4Cl2OS2. The van der Waals surface area contributed by atoms with Crippen molar-refractivity contribution < 1.29 is 4.79 Å². The summed E-state index contributed by atoms with van der Waals surface area (Å²) in [5, 5.41) is 2.05. The molecule has 0 atom stereocenters. The van der Waals surface area contributed by atoms with Crippen molar-refractivity contribution in [3.63, 3.8) is 0 Å². The maximum atomic E-state index is 11.2. The highest BCUT2D eigenvalue weighted by molar-refractivity contribution is 7.43. The molecule has 2 aromatic heterocycles. The van der Waals surface area contributed by atoms with Gasteiger partial charge in [0.1, 0.15) is 4.88 Å². The Morgan fingerprint density at radius 3 is 2.69 bits per heavy atom. The smallest absolute Gasteiger partial charge is 0.263 e. The van der Waals surface area contributed by atoms with Crippen LogP contribution in [0, 0.1) is 0 Å². The van der Waals surface area contributed by atoms with Crippen molar-refractivity contribution in [3.05, 3.63) is 34.2 Å². The predicted octanol–water partition coefficient (Wildman–Crippen LogP) is 5.15. The summed E-state index contributed by atoms with van der Waals surface area (Å²) >= 11 is 14.7. The van der Waals surface area contributed by atoms with Crippen LogP contribution in [0.5, 0.6) is 0 Å². The van der Waals surface area contributed by atoms with E-state index in [0.29, 0.717) is 9.90 Å². The Bertz CT molecular complexity index is 711. The van der Waals surface area contributed by atoms with Gasteiger partial charge in [-0.3, -0.25) is 4.79 Å². The predicted molar refractivity (Wildman–Crippen MR) is 72.4 cm³/mol. The Morgan fingerprint density at radius 2 is 1.94 bits per heavy atom. The highest BCUT2D eigenvalue weighted by Gasteiger charge is 2.19. The lowest BCUT2D eigenvalue weighted by atomic mass is 10.2. The second-order valence-corrected chi connectivity index (χ2v) is 6.33. The normalized spacial score (nSPS) is 11.4. The summed E-state index contributed by atoms with van der Waals surface area (Å²) < 4.78 is 2.23. The molecule has 3 aromatic rings. The number of carbonyl (C=O) groups excluding carboxylic acids is 1. The summed E-state index contributed by atoms with van der Waals surface area (Å²) in [7, 11) is 0. The second kappa shape index (κ2) is 3.70. The van der Waals surface area contributed by atoms with Gasteiger partial charge in [-0.25, -0.2) is 0 Å². The van der Waals surface area contributed by atoms with Gasteiger partial charge in [0.15, 0.2) is 0 Å². The standard InChI is InChI=1S/C11H4Cl2OS2/c12-8-7-5-3-1-2-4-6(5)15-11(7)16-9(8)10(13)14/h1-4H. The third-order valence-corrected chi connectivity index (χ3v) is 5.59. The fourth-order valence-electron chi connectivity index (χ4n) is 1.68. The van der Waals surface area contributed by atoms with Crippen LogP contribution in [0.2, 0.25) is 5.02 Å². The summed E-state index contributed by atoms with van der Waals surface area (Å²) in [6, 6.07) is 8.01. The first-order valence-corrected chi connectivity index (χ1v) is 6.86. The molecule has 80 valence electrons. The van der Waals surface area contributed by atoms with Crippen LogP contribution in [0.3, 0.4) is 0 Å². The van der Waals surface area contributed by atoms with Crippen LogP contribution in [0.4, 0.5) is 0 Å². The Balaban J connectivity index is 2.50. The summed E-state index contributed by atoms with van der Waals surface area (Å²) in [5.41, 5.74) is 0. The van der Waals surface area contributed by atoms with Crippen LogP contribution in [-0.4, -0.2) is 5.24 Å². The van der Waals surface area contributed by atoms with Gasteiger partial charge >= 0.3 is 0 Å². The second-order valence-electron chi connectivity index (χ2n) is 3.28. The van der Waals surface area contributed by atoms with Crippen molar-refractivity contribution in [3.8, 4) is 0 Å². The maximum absolute atomic E-state index is 11.2. The number of benzene rings is 1. The number of thiophene rings is 2. The molecule has 0 aliphatic heterocycles. The molecule has 0 fully saturated rings. The molecule has 0 spiro atoms. The maximum Gasteiger partial charge on any atom is 0.263 e. The van der Waals surface area contributed by atoms with Gasteiger partial charge in [0.25, 0.3) is 5.24 Å². The lowest BCUT2D eigenvalue weighted by Crippen LogP contribution is -1.82. The first-order chi connectivity index (χ1) is 7.68. The zero-order valence-corrected chi connectivity index (χ0v) is 10.9. The molecule has 0 aliphatic carbocycles. The van der Waals surface area contributed by atoms with E-state index < -0.39 is 5.24 Å². The third kappa shape index (κ3) is 1.39. The summed E-state index contributed by atoms with van der Waals surface area (Å²) in [4.78, 5) is 11.6. The van der Waals surface area contributed by atoms with Crippen LogP contribution in [0.25, 0.3) is 19.5 Å². The lowest BCUT2D eigenvalue weighted by molar-refractivity contribution is 0.108. The van der Waals surface area contributed by atoms with E-state index in [4.69, 9.17) is 23.2 Å². The largest absolute Gasteiger partial charge is 0.275 e. The number of halogens is 2. The van der Waals surface area contributed by atoms with Crippen LogP contribution >= 0.6 is 45.9 Å². The molecule has 0 N–H and O–H groups in total. The molecule has 5 heteroatoms. The van der Waals surface area contributed by atoms with Gasteiger partial charge < -0.3 is 0 Å². The van der Waals surface area contributed by atoms with Gasteiger partial charge in [-0.2, -0.15) is 0 Å². The van der Waals surface area contributed by atoms with Gasteiger partial charge in [0.2, 0.25) is 0 Å². The highest BCUT2D eigenvalue weighted by atomic mass is 35.5. The van der Waals surface area contributed by atoms with Gasteiger partial charge in [-0.1, -0.05) is 29.8 Å². The van der Waals surface area contributed by atoms with E-state index >= 15 is 0 Å². The number of rotatable bonds is 1. The fourth-order valence-corrected chi connectivity index (χ4v) is 4.85. The van der Waals surface area contributed by atoms with E-state index in [2.05, 4.69) is 0 Å². The molecule has 0 unspecified atom stereocenters. The Morgan fingerprint density at radius 1 is 1.19 bits per heavy atom. The van der Waals surface area contributed by atoms with Crippen molar-refractivity contribution in [2.24, 2.45) is 0 Å². The van der Waals surface area contributed by atoms with Gasteiger partial charge in [0, 0.05) is 15.5 Å². The van der Waals surface area contributed by atoms with E-state index in [1.54, 1.807) is 11.3 Å². The first-order valence-electron chi connectivity index (χ1n) is 4.48. The minimum Gasteiger partial charge on any atom is -0.275 e. The van der Waals surface area contributed by atoms with Crippen LogP contribution in [0.15, 0.2) is 24.3 Å². The molecule has 1 aromatic carbocycles. The third-order valence-electron chi connectivity index (χ3n) is 2.36. The Labute approximate surface area is 109 Å². The van der Waals surface area contributed by atoms with Crippen molar-refractivity contribution in [1.29, 1.82) is 0 Å². The zero-order valence-electron chi connectivity index (χ0n) is 7.79. The molecule has 0 saturated heterocycles. The molecule has 0 bridgehead atoms. The van der Waals surface area contributed by atoms with E-state index in [1.807, 2.05) is 24.3 Å². The average molecular weight is 287 g/mol. The first kappa shape index (κ1) is 10.5. The molecule has 0 radical (unpaired) electrons. The zero-order chi connectivity index (χ0) is 11.3. The molecule has 0 saturated carbocycles. The summed E-state index contributed by atoms with van der Waals surface area (Å²) in [6.45, 7) is 0. The van der Waals surface area contributed by atoms with Gasteiger partial charge in [0.05, 0.1) is 9.04 Å². The van der Waals surface area contributed by atoms with Gasteiger partial charge in [-0.15, -0.1) is 22.7 Å². The molecule has 0 aliphatic rings. The number of fused-ring (bicyclic) bond motifs is 3. The van der Waals surface area contributed by atoms with Crippen molar-refractivity contribution in [2.45, 2.75) is 0 Å². The van der Waals surface area contributed by atoms with Crippen LogP contribution in [-0.2, 0) is 0 Å². The van der Waals surface area contributed by atoms with Gasteiger partial charge in [-0.05, 0) is 17.7 Å². The number of hydrogen-bond acceptors (Lipinski definition) is 3. The SMILES string of the molecule is O=C(Cl)c1sc2sc3ccccc3c2c1Cl. The fraction of sp³-hybridized carbons (Fsp3) is 0. The monoisotopic (exact) mass is 286 g/mol. The lowest BCUT2D eigenvalue weighted by Gasteiger charge is -1.90. The molecule has 2 heterocycles. The summed E-state index contributed by atoms with van der Waals surface area (Å²) in [6.07, 6.45) is 0. The van der Waals surface area contributed by atoms with E-state index in [0.717, 1.165) is 14.8 Å². The molecule has 16 heavy (non-hydrogen) atoms. The number of carbonyl (C=O) groups is 1. The van der Waals surface area contributed by atoms with E-state index in [-0.39, 0.29) is 0 Å². The van der Waals surface area contributed by atoms with E-state index in [9.17, 15) is 4.79 Å². The van der Waals surface area contributed by atoms with Crippen molar-refractivity contribution >= 4 is 70.6 Å². The van der Waals surface area contributed by atoms with Crippen LogP contribution < -0.4 is 0 Å². The van der Waals surface area contributed by atoms with Crippen molar-refractivity contribution in [2.75, 3.05) is 0 Å². The molecular weight excluding hydrogens is 283 g/mol. The Hall–Kier alpha value is -0.610. The average Bonchev–Trinajstić information content (AvgIpc) is 2.75. The van der Waals surface area contributed by atoms with E-state index in [1.165, 1.54) is 16.0 Å². The number of hydrogen-bond donors (Lipinski definition) is 0. The molecule has 1 nitrogen and oxygen atoms in total.